The summed E-state index contributed by atoms with van der Waals surface area (Å²) < 4.78 is 52.6. The fraction of sp³-hybridized carbons (Fsp3) is 0.579. The van der Waals surface area contributed by atoms with Crippen molar-refractivity contribution in [3.05, 3.63) is 39.8 Å². The number of alkyl halides is 3. The number of azide groups is 1. The number of hydrogen-bond donors (Lipinski definition) is 0. The van der Waals surface area contributed by atoms with Gasteiger partial charge in [-0.3, -0.25) is 9.69 Å². The summed E-state index contributed by atoms with van der Waals surface area (Å²) in [7, 11) is 0. The minimum atomic E-state index is -4.74. The molecule has 4 saturated heterocycles. The Morgan fingerprint density at radius 1 is 1.43 bits per heavy atom. The number of amides is 1. The number of anilines is 1. The fourth-order valence-corrected chi connectivity index (χ4v) is 5.83. The maximum atomic E-state index is 13.5. The summed E-state index contributed by atoms with van der Waals surface area (Å²) in [5, 5.41) is 12.9. The molecule has 156 valence electrons. The first-order valence-electron chi connectivity index (χ1n) is 9.47. The van der Waals surface area contributed by atoms with Crippen LogP contribution < -0.4 is 4.90 Å². The minimum absolute atomic E-state index is 0.0195. The number of carbonyl (C=O) groups excluding carboxylic acids is 1. The number of nitrogens with zero attached hydrogens (tertiary/aromatic N) is 5. The zero-order chi connectivity index (χ0) is 21.5. The van der Waals surface area contributed by atoms with Gasteiger partial charge in [0, 0.05) is 22.9 Å². The van der Waals surface area contributed by atoms with Crippen LogP contribution in [-0.2, 0) is 20.4 Å². The molecule has 1 amide bonds. The van der Waals surface area contributed by atoms with E-state index in [2.05, 4.69) is 10.0 Å². The van der Waals surface area contributed by atoms with Gasteiger partial charge in [0.25, 0.3) is 0 Å². The first-order valence-corrected chi connectivity index (χ1v) is 9.47. The van der Waals surface area contributed by atoms with Crippen LogP contribution in [0.5, 0.6) is 0 Å². The van der Waals surface area contributed by atoms with E-state index in [1.54, 1.807) is 13.0 Å². The van der Waals surface area contributed by atoms with Gasteiger partial charge in [-0.25, -0.2) is 0 Å². The molecular weight excluding hydrogens is 403 g/mol. The third-order valence-corrected chi connectivity index (χ3v) is 6.99. The standard InChI is InChI=1S/C19H16F3N5O3/c1-17-12(25-26-24)7-18(30-17)4-5-29-16-14(18)13(17)15(28)27(16)10-3-2-9(8-23)11(6-10)19(20,21)22/h2-3,6,12-14,16H,4-5,7H2,1H3/t12-,13+,14-,16-,17+,18-/m1/s1. The predicted octanol–water partition coefficient (Wildman–Crippen LogP) is 3.51. The van der Waals surface area contributed by atoms with Crippen molar-refractivity contribution >= 4 is 11.6 Å². The summed E-state index contributed by atoms with van der Waals surface area (Å²) >= 11 is 0. The SMILES string of the molecule is C[C@@]12O[C@]3(CCO[C@@H]4[C@H]3[C@H]1C(=O)N4c1ccc(C#N)c(C(F)(F)F)c1)C[C@H]2N=[N+]=[N-]. The molecule has 8 nitrogen and oxygen atoms in total. The lowest BCUT2D eigenvalue weighted by molar-refractivity contribution is -0.141. The van der Waals surface area contributed by atoms with E-state index < -0.39 is 52.6 Å². The normalized spacial score (nSPS) is 38.9. The molecule has 0 aromatic heterocycles. The molecule has 5 rings (SSSR count). The van der Waals surface area contributed by atoms with Crippen molar-refractivity contribution in [2.75, 3.05) is 11.5 Å². The van der Waals surface area contributed by atoms with Gasteiger partial charge >= 0.3 is 6.18 Å². The molecule has 4 heterocycles. The van der Waals surface area contributed by atoms with Crippen LogP contribution in [0.15, 0.2) is 23.3 Å². The largest absolute Gasteiger partial charge is 0.417 e. The van der Waals surface area contributed by atoms with Crippen molar-refractivity contribution in [1.29, 1.82) is 5.26 Å². The van der Waals surface area contributed by atoms with E-state index in [9.17, 15) is 18.0 Å². The maximum absolute atomic E-state index is 13.5. The first kappa shape index (κ1) is 19.2. The Balaban J connectivity index is 1.62. The number of carbonyl (C=O) groups is 1. The molecule has 4 aliphatic heterocycles. The molecule has 1 aromatic rings. The van der Waals surface area contributed by atoms with Crippen LogP contribution in [0.25, 0.3) is 10.4 Å². The van der Waals surface area contributed by atoms with Crippen molar-refractivity contribution in [3.63, 3.8) is 0 Å². The van der Waals surface area contributed by atoms with Gasteiger partial charge in [-0.1, -0.05) is 5.11 Å². The lowest BCUT2D eigenvalue weighted by Crippen LogP contribution is -2.52. The van der Waals surface area contributed by atoms with Gasteiger partial charge in [0.05, 0.1) is 47.0 Å². The zero-order valence-corrected chi connectivity index (χ0v) is 15.8. The summed E-state index contributed by atoms with van der Waals surface area (Å²) in [6.07, 6.45) is -4.56. The number of hydrogen-bond acceptors (Lipinski definition) is 5. The van der Waals surface area contributed by atoms with Gasteiger partial charge in [0.15, 0.2) is 0 Å². The molecule has 0 N–H and O–H groups in total. The smallest absolute Gasteiger partial charge is 0.367 e. The summed E-state index contributed by atoms with van der Waals surface area (Å²) in [5.41, 5.74) is 5.57. The second-order valence-corrected chi connectivity index (χ2v) is 8.34. The Morgan fingerprint density at radius 3 is 2.87 bits per heavy atom. The summed E-state index contributed by atoms with van der Waals surface area (Å²) in [5.74, 6) is -1.50. The quantitative estimate of drug-likeness (QED) is 0.415. The highest BCUT2D eigenvalue weighted by Gasteiger charge is 2.77. The van der Waals surface area contributed by atoms with E-state index in [-0.39, 0.29) is 18.2 Å². The van der Waals surface area contributed by atoms with Crippen LogP contribution in [0.3, 0.4) is 0 Å². The average Bonchev–Trinajstić information content (AvgIpc) is 3.25. The van der Waals surface area contributed by atoms with Crippen LogP contribution in [-0.4, -0.2) is 36.0 Å². The van der Waals surface area contributed by atoms with Crippen molar-refractivity contribution < 1.29 is 27.4 Å². The maximum Gasteiger partial charge on any atom is 0.417 e. The van der Waals surface area contributed by atoms with Crippen LogP contribution in [0.4, 0.5) is 18.9 Å². The average molecular weight is 419 g/mol. The number of halogens is 3. The first-order chi connectivity index (χ1) is 14.2. The highest BCUT2D eigenvalue weighted by atomic mass is 19.4. The molecule has 4 aliphatic rings. The van der Waals surface area contributed by atoms with Crippen molar-refractivity contribution in [1.82, 2.24) is 0 Å². The molecule has 2 bridgehead atoms. The number of ether oxygens (including phenoxy) is 2. The summed E-state index contributed by atoms with van der Waals surface area (Å²) in [6.45, 7) is 1.99. The van der Waals surface area contributed by atoms with Gasteiger partial charge in [-0.15, -0.1) is 0 Å². The fourth-order valence-electron chi connectivity index (χ4n) is 5.83. The highest BCUT2D eigenvalue weighted by Crippen LogP contribution is 2.66. The topological polar surface area (TPSA) is 111 Å². The monoisotopic (exact) mass is 419 g/mol. The van der Waals surface area contributed by atoms with E-state index in [1.807, 2.05) is 0 Å². The number of benzene rings is 1. The minimum Gasteiger partial charge on any atom is -0.367 e. The highest BCUT2D eigenvalue weighted by molar-refractivity contribution is 6.00. The summed E-state index contributed by atoms with van der Waals surface area (Å²) in [6, 6.07) is 4.21. The van der Waals surface area contributed by atoms with E-state index in [1.165, 1.54) is 11.0 Å². The van der Waals surface area contributed by atoms with Crippen molar-refractivity contribution in [3.8, 4) is 6.07 Å². The second kappa shape index (κ2) is 5.88. The van der Waals surface area contributed by atoms with E-state index >= 15 is 0 Å². The van der Waals surface area contributed by atoms with Crippen LogP contribution in [0.2, 0.25) is 0 Å². The lowest BCUT2D eigenvalue weighted by Gasteiger charge is -2.42. The number of rotatable bonds is 2. The Labute approximate surface area is 168 Å². The Hall–Kier alpha value is -2.80. The molecule has 1 spiro atoms. The van der Waals surface area contributed by atoms with E-state index in [4.69, 9.17) is 20.3 Å². The van der Waals surface area contributed by atoms with Crippen LogP contribution in [0.1, 0.15) is 30.9 Å². The zero-order valence-electron chi connectivity index (χ0n) is 15.8. The lowest BCUT2D eigenvalue weighted by atomic mass is 9.64. The van der Waals surface area contributed by atoms with Gasteiger partial charge < -0.3 is 9.47 Å². The van der Waals surface area contributed by atoms with Gasteiger partial charge in [-0.2, -0.15) is 18.4 Å². The Morgan fingerprint density at radius 2 is 2.20 bits per heavy atom. The van der Waals surface area contributed by atoms with Crippen molar-refractivity contribution in [2.24, 2.45) is 17.0 Å². The molecular formula is C19H16F3N5O3. The molecule has 0 radical (unpaired) electrons. The molecule has 4 fully saturated rings. The molecule has 6 atom stereocenters. The van der Waals surface area contributed by atoms with Crippen LogP contribution in [0, 0.1) is 23.2 Å². The van der Waals surface area contributed by atoms with Crippen LogP contribution >= 0.6 is 0 Å². The second-order valence-electron chi connectivity index (χ2n) is 8.34. The number of fused-ring (bicyclic) bond motifs is 2. The molecule has 1 aromatic carbocycles. The molecule has 0 saturated carbocycles. The van der Waals surface area contributed by atoms with Crippen molar-refractivity contribution in [2.45, 2.75) is 49.4 Å². The van der Waals surface area contributed by atoms with Gasteiger partial charge in [-0.05, 0) is 37.1 Å². The Bertz CT molecular complexity index is 1050. The van der Waals surface area contributed by atoms with Gasteiger partial charge in [0.1, 0.15) is 6.23 Å². The molecule has 11 heteroatoms. The molecule has 0 unspecified atom stereocenters. The molecule has 30 heavy (non-hydrogen) atoms. The van der Waals surface area contributed by atoms with Gasteiger partial charge in [0.2, 0.25) is 5.91 Å². The Kier molecular flexibility index (Phi) is 3.76. The predicted molar refractivity (Wildman–Crippen MR) is 94.8 cm³/mol. The third kappa shape index (κ3) is 2.24. The third-order valence-electron chi connectivity index (χ3n) is 6.99. The molecule has 0 aliphatic carbocycles. The summed E-state index contributed by atoms with van der Waals surface area (Å²) in [4.78, 5) is 17.6. The van der Waals surface area contributed by atoms with E-state index in [0.717, 1.165) is 12.1 Å². The number of nitriles is 1. The van der Waals surface area contributed by atoms with E-state index in [0.29, 0.717) is 12.8 Å².